The molecule has 1 aliphatic heterocycles. The smallest absolute Gasteiger partial charge is 1.00 e. The summed E-state index contributed by atoms with van der Waals surface area (Å²) in [5, 5.41) is 0. The average Bonchev–Trinajstić information content (AvgIpc) is 2.72. The molecule has 0 radical (unpaired) electrons. The van der Waals surface area contributed by atoms with E-state index in [0.29, 0.717) is 6.85 Å². The Hall–Kier alpha value is 0.925. The van der Waals surface area contributed by atoms with Crippen LogP contribution in [0.3, 0.4) is 0 Å². The number of halogens is 2. The molecule has 0 aromatic rings. The summed E-state index contributed by atoms with van der Waals surface area (Å²) in [5.74, 6) is 3.31. The predicted molar refractivity (Wildman–Crippen MR) is 71.1 cm³/mol. The molecule has 0 bridgehead atoms. The molecule has 0 saturated carbocycles. The van der Waals surface area contributed by atoms with Crippen molar-refractivity contribution in [2.45, 2.75) is 32.9 Å². The van der Waals surface area contributed by atoms with Gasteiger partial charge in [0, 0.05) is 6.85 Å². The molecule has 1 aliphatic carbocycles. The predicted octanol–water partition coefficient (Wildman–Crippen LogP) is -3.03. The second-order valence-corrected chi connectivity index (χ2v) is 9.79. The molecule has 0 spiro atoms. The summed E-state index contributed by atoms with van der Waals surface area (Å²) < 4.78 is 2.56. The third-order valence-electron chi connectivity index (χ3n) is 2.56. The minimum absolute atomic E-state index is 0. The fourth-order valence-corrected chi connectivity index (χ4v) is 3.64. The Morgan fingerprint density at radius 3 is 2.00 bits per heavy atom. The van der Waals surface area contributed by atoms with Gasteiger partial charge in [0.1, 0.15) is 8.24 Å². The van der Waals surface area contributed by atoms with Gasteiger partial charge in [-0.25, -0.2) is 12.2 Å². The monoisotopic (exact) mass is 377 g/mol. The van der Waals surface area contributed by atoms with Crippen LogP contribution in [0.15, 0.2) is 24.3 Å². The van der Waals surface area contributed by atoms with Gasteiger partial charge in [0.15, 0.2) is 0 Å². The molecule has 0 aromatic carbocycles. The van der Waals surface area contributed by atoms with Crippen molar-refractivity contribution in [3.05, 3.63) is 36.4 Å². The molecule has 0 unspecified atom stereocenters. The van der Waals surface area contributed by atoms with E-state index in [1.54, 1.807) is 0 Å². The summed E-state index contributed by atoms with van der Waals surface area (Å²) in [4.78, 5) is 0. The van der Waals surface area contributed by atoms with Crippen LogP contribution in [0.25, 0.3) is 0 Å². The van der Waals surface area contributed by atoms with Gasteiger partial charge in [0.05, 0.1) is 0 Å². The van der Waals surface area contributed by atoms with Gasteiger partial charge in [-0.15, -0.1) is 6.42 Å². The summed E-state index contributed by atoms with van der Waals surface area (Å²) >= 11 is 0. The quantitative estimate of drug-likeness (QED) is 0.346. The van der Waals surface area contributed by atoms with E-state index in [2.05, 4.69) is 55.1 Å². The van der Waals surface area contributed by atoms with Gasteiger partial charge in [-0.2, -0.15) is 6.08 Å². The molecule has 0 saturated heterocycles. The molecule has 0 N–H and O–H groups in total. The standard InChI is InChI=1S/C7H15BNSi.C5H5.2ClH.Zr/c1-8-6-5-7-9(8)10(2,3)4;1-2-4-5-3-1;;;/h5H,7H2,1-4H3;1-3H,4H2;2*1H;/q2*-1;;;+4/p-2. The summed E-state index contributed by atoms with van der Waals surface area (Å²) in [6.07, 6.45) is 12.2. The Kier molecular flexibility index (Phi) is 15.6. The Morgan fingerprint density at radius 2 is 1.83 bits per heavy atom. The van der Waals surface area contributed by atoms with Gasteiger partial charge < -0.3 is 35.3 Å². The van der Waals surface area contributed by atoms with Gasteiger partial charge in [0.25, 0.3) is 0 Å². The van der Waals surface area contributed by atoms with Crippen LogP contribution in [0, 0.1) is 12.1 Å². The van der Waals surface area contributed by atoms with E-state index >= 15 is 0 Å². The van der Waals surface area contributed by atoms with Crippen molar-refractivity contribution < 1.29 is 51.0 Å². The maximum absolute atomic E-state index is 3.31. The Balaban J connectivity index is -0.000000245. The van der Waals surface area contributed by atoms with Gasteiger partial charge in [-0.3, -0.25) is 12.2 Å². The van der Waals surface area contributed by atoms with Gasteiger partial charge in [-0.05, 0) is 6.54 Å². The molecule has 2 rings (SSSR count). The zero-order valence-corrected chi connectivity index (χ0v) is 16.5. The van der Waals surface area contributed by atoms with Crippen LogP contribution in [0.5, 0.6) is 0 Å². The van der Waals surface area contributed by atoms with Crippen molar-refractivity contribution in [1.82, 2.24) is 4.48 Å². The Morgan fingerprint density at radius 1 is 1.22 bits per heavy atom. The van der Waals surface area contributed by atoms with Gasteiger partial charge >= 0.3 is 26.2 Å². The normalized spacial score (nSPS) is 16.3. The van der Waals surface area contributed by atoms with Crippen molar-refractivity contribution in [2.75, 3.05) is 6.54 Å². The topological polar surface area (TPSA) is 3.24 Å². The molecule has 6 heteroatoms. The van der Waals surface area contributed by atoms with Crippen molar-refractivity contribution in [3.8, 4) is 0 Å². The second kappa shape index (κ2) is 11.7. The van der Waals surface area contributed by atoms with Crippen LogP contribution in [0.4, 0.5) is 0 Å². The van der Waals surface area contributed by atoms with Crippen molar-refractivity contribution >= 4 is 15.1 Å². The van der Waals surface area contributed by atoms with Crippen LogP contribution in [-0.2, 0) is 26.2 Å². The number of hydrogen-bond donors (Lipinski definition) is 0. The maximum atomic E-state index is 3.31. The molecule has 1 nitrogen and oxygen atoms in total. The van der Waals surface area contributed by atoms with Crippen molar-refractivity contribution in [3.63, 3.8) is 0 Å². The number of rotatable bonds is 1. The zero-order valence-electron chi connectivity index (χ0n) is 11.5. The van der Waals surface area contributed by atoms with Crippen LogP contribution in [0.1, 0.15) is 6.42 Å². The third-order valence-corrected chi connectivity index (χ3v) is 4.86. The first-order valence-corrected chi connectivity index (χ1v) is 9.03. The van der Waals surface area contributed by atoms with E-state index in [4.69, 9.17) is 0 Å². The van der Waals surface area contributed by atoms with Crippen molar-refractivity contribution in [1.29, 1.82) is 0 Å². The van der Waals surface area contributed by atoms with Gasteiger partial charge in [-0.1, -0.05) is 26.5 Å². The van der Waals surface area contributed by atoms with Crippen LogP contribution in [0.2, 0.25) is 26.5 Å². The van der Waals surface area contributed by atoms with Gasteiger partial charge in [0.2, 0.25) is 0 Å². The largest absolute Gasteiger partial charge is 4.00 e. The van der Waals surface area contributed by atoms with Crippen molar-refractivity contribution in [2.24, 2.45) is 0 Å². The molecule has 18 heavy (non-hydrogen) atoms. The molecular weight excluding hydrogens is 359 g/mol. The first-order chi connectivity index (χ1) is 7.02. The summed E-state index contributed by atoms with van der Waals surface area (Å²) in [6, 6.07) is 0. The van der Waals surface area contributed by atoms with E-state index in [0.717, 1.165) is 13.0 Å². The van der Waals surface area contributed by atoms with E-state index in [1.807, 2.05) is 12.2 Å². The first kappa shape index (κ1) is 24.0. The molecule has 98 valence electrons. The summed E-state index contributed by atoms with van der Waals surface area (Å²) in [7, 11) is -1.05. The van der Waals surface area contributed by atoms with E-state index in [9.17, 15) is 0 Å². The fraction of sp³-hybridized carbons (Fsp3) is 0.500. The maximum Gasteiger partial charge on any atom is 4.00 e. The average molecular weight is 379 g/mol. The first-order valence-electron chi connectivity index (χ1n) is 5.58. The second-order valence-electron chi connectivity index (χ2n) is 4.87. The molecule has 0 atom stereocenters. The minimum Gasteiger partial charge on any atom is -1.00 e. The minimum atomic E-state index is -1.05. The number of allylic oxidation sites excluding steroid dienone is 4. The molecule has 1 heterocycles. The van der Waals surface area contributed by atoms with E-state index in [-0.39, 0.29) is 51.0 Å². The Bertz CT molecular complexity index is 280. The zero-order chi connectivity index (χ0) is 11.3. The molecule has 0 fully saturated rings. The summed E-state index contributed by atoms with van der Waals surface area (Å²) in [6.45, 7) is 11.0. The number of hydrogen-bond acceptors (Lipinski definition) is 1. The SMILES string of the molecule is CB1[C-]=CCN1[Si](C)(C)C.[C-]1=CC=CC1.[Cl-].[Cl-].[Zr+4]. The van der Waals surface area contributed by atoms with Crippen LogP contribution < -0.4 is 24.8 Å². The summed E-state index contributed by atoms with van der Waals surface area (Å²) in [5.41, 5.74) is 0. The fourth-order valence-electron chi connectivity index (χ4n) is 1.76. The van der Waals surface area contributed by atoms with E-state index in [1.165, 1.54) is 0 Å². The van der Waals surface area contributed by atoms with E-state index < -0.39 is 8.24 Å². The third kappa shape index (κ3) is 8.93. The van der Waals surface area contributed by atoms with Crippen LogP contribution >= 0.6 is 0 Å². The molecule has 0 amide bonds. The Labute approximate surface area is 145 Å². The molecule has 0 aromatic heterocycles. The number of nitrogens with zero attached hydrogens (tertiary/aromatic N) is 1. The molecule has 2 aliphatic rings. The molecular formula is C12H20BCl2NSiZr. The van der Waals surface area contributed by atoms with Crippen LogP contribution in [-0.4, -0.2) is 26.1 Å².